The van der Waals surface area contributed by atoms with Crippen molar-refractivity contribution in [2.24, 2.45) is 0 Å². The average molecular weight is 249 g/mol. The third kappa shape index (κ3) is 2.61. The van der Waals surface area contributed by atoms with E-state index < -0.39 is 0 Å². The van der Waals surface area contributed by atoms with Gasteiger partial charge in [-0.2, -0.15) is 0 Å². The van der Waals surface area contributed by atoms with Crippen molar-refractivity contribution in [3.63, 3.8) is 0 Å². The predicted molar refractivity (Wildman–Crippen MR) is 73.5 cm³/mol. The summed E-state index contributed by atoms with van der Waals surface area (Å²) in [4.78, 5) is 0. The van der Waals surface area contributed by atoms with Crippen molar-refractivity contribution >= 4 is 0 Å². The molecule has 1 aliphatic rings. The number of nitrogens with one attached hydrogen (secondary N) is 1. The molecule has 0 amide bonds. The Morgan fingerprint density at radius 3 is 2.78 bits per heavy atom. The van der Waals surface area contributed by atoms with Gasteiger partial charge in [-0.05, 0) is 49.4 Å². The second-order valence-electron chi connectivity index (χ2n) is 4.80. The molecule has 1 aromatic rings. The van der Waals surface area contributed by atoms with E-state index in [1.54, 1.807) is 14.2 Å². The van der Waals surface area contributed by atoms with E-state index in [0.717, 1.165) is 30.9 Å². The highest BCUT2D eigenvalue weighted by atomic mass is 16.5. The van der Waals surface area contributed by atoms with Crippen LogP contribution in [0, 0.1) is 0 Å². The zero-order valence-corrected chi connectivity index (χ0v) is 11.6. The SMILES string of the molecule is CCCNC1CCCc2c(OC)cc(OC)cc21. The number of methoxy groups -OCH3 is 2. The minimum absolute atomic E-state index is 0.442. The van der Waals surface area contributed by atoms with Crippen LogP contribution in [-0.4, -0.2) is 20.8 Å². The summed E-state index contributed by atoms with van der Waals surface area (Å²) in [6, 6.07) is 4.59. The van der Waals surface area contributed by atoms with Crippen molar-refractivity contribution in [1.82, 2.24) is 5.32 Å². The maximum absolute atomic E-state index is 5.50. The Bertz CT molecular complexity index is 404. The number of rotatable bonds is 5. The van der Waals surface area contributed by atoms with Gasteiger partial charge in [0.1, 0.15) is 11.5 Å². The summed E-state index contributed by atoms with van der Waals surface area (Å²) >= 11 is 0. The predicted octanol–water partition coefficient (Wildman–Crippen LogP) is 3.08. The molecule has 100 valence electrons. The largest absolute Gasteiger partial charge is 0.497 e. The van der Waals surface area contributed by atoms with Gasteiger partial charge in [0, 0.05) is 12.1 Å². The Labute approximate surface area is 109 Å². The monoisotopic (exact) mass is 249 g/mol. The normalized spacial score (nSPS) is 18.3. The molecule has 0 spiro atoms. The molecule has 0 saturated heterocycles. The summed E-state index contributed by atoms with van der Waals surface area (Å²) in [6.45, 7) is 3.26. The molecule has 0 saturated carbocycles. The first-order chi connectivity index (χ1) is 8.80. The first kappa shape index (κ1) is 13.2. The molecule has 1 aromatic carbocycles. The van der Waals surface area contributed by atoms with Crippen LogP contribution < -0.4 is 14.8 Å². The zero-order valence-electron chi connectivity index (χ0n) is 11.6. The summed E-state index contributed by atoms with van der Waals surface area (Å²) in [5.41, 5.74) is 2.70. The van der Waals surface area contributed by atoms with Crippen molar-refractivity contribution in [2.45, 2.75) is 38.6 Å². The van der Waals surface area contributed by atoms with Crippen molar-refractivity contribution in [2.75, 3.05) is 20.8 Å². The molecule has 1 N–H and O–H groups in total. The maximum atomic E-state index is 5.50. The van der Waals surface area contributed by atoms with E-state index in [2.05, 4.69) is 18.3 Å². The van der Waals surface area contributed by atoms with Gasteiger partial charge in [0.15, 0.2) is 0 Å². The van der Waals surface area contributed by atoms with E-state index in [-0.39, 0.29) is 0 Å². The third-order valence-corrected chi connectivity index (χ3v) is 3.61. The van der Waals surface area contributed by atoms with E-state index in [9.17, 15) is 0 Å². The molecule has 0 aliphatic heterocycles. The highest BCUT2D eigenvalue weighted by molar-refractivity contribution is 5.49. The second-order valence-corrected chi connectivity index (χ2v) is 4.80. The molecule has 3 nitrogen and oxygen atoms in total. The van der Waals surface area contributed by atoms with Crippen molar-refractivity contribution in [3.8, 4) is 11.5 Å². The first-order valence-electron chi connectivity index (χ1n) is 6.78. The molecular formula is C15H23NO2. The molecule has 3 heteroatoms. The summed E-state index contributed by atoms with van der Waals surface area (Å²) in [5, 5.41) is 3.62. The van der Waals surface area contributed by atoms with Gasteiger partial charge in [0.2, 0.25) is 0 Å². The maximum Gasteiger partial charge on any atom is 0.126 e. The van der Waals surface area contributed by atoms with E-state index in [0.29, 0.717) is 6.04 Å². The molecule has 0 heterocycles. The van der Waals surface area contributed by atoms with Gasteiger partial charge in [0.25, 0.3) is 0 Å². The number of ether oxygens (including phenoxy) is 2. The zero-order chi connectivity index (χ0) is 13.0. The molecule has 1 unspecified atom stereocenters. The highest BCUT2D eigenvalue weighted by Gasteiger charge is 2.23. The Kier molecular flexibility index (Phi) is 4.48. The summed E-state index contributed by atoms with van der Waals surface area (Å²) < 4.78 is 10.9. The van der Waals surface area contributed by atoms with Gasteiger partial charge in [-0.15, -0.1) is 0 Å². The van der Waals surface area contributed by atoms with Crippen molar-refractivity contribution in [3.05, 3.63) is 23.3 Å². The standard InChI is InChI=1S/C15H23NO2/c1-4-8-16-14-7-5-6-12-13(14)9-11(17-2)10-15(12)18-3/h9-10,14,16H,4-8H2,1-3H3. The number of hydrogen-bond donors (Lipinski definition) is 1. The smallest absolute Gasteiger partial charge is 0.126 e. The molecule has 0 bridgehead atoms. The Balaban J connectivity index is 2.35. The van der Waals surface area contributed by atoms with Gasteiger partial charge in [-0.1, -0.05) is 6.92 Å². The lowest BCUT2D eigenvalue weighted by Crippen LogP contribution is -2.26. The lowest BCUT2D eigenvalue weighted by molar-refractivity contribution is 0.378. The van der Waals surface area contributed by atoms with E-state index >= 15 is 0 Å². The highest BCUT2D eigenvalue weighted by Crippen LogP contribution is 2.38. The van der Waals surface area contributed by atoms with Crippen LogP contribution in [0.5, 0.6) is 11.5 Å². The Morgan fingerprint density at radius 2 is 2.11 bits per heavy atom. The molecular weight excluding hydrogens is 226 g/mol. The van der Waals surface area contributed by atoms with Crippen LogP contribution in [0.25, 0.3) is 0 Å². The van der Waals surface area contributed by atoms with Gasteiger partial charge in [-0.25, -0.2) is 0 Å². The molecule has 18 heavy (non-hydrogen) atoms. The van der Waals surface area contributed by atoms with Gasteiger partial charge < -0.3 is 14.8 Å². The first-order valence-corrected chi connectivity index (χ1v) is 6.78. The fraction of sp³-hybridized carbons (Fsp3) is 0.600. The van der Waals surface area contributed by atoms with Gasteiger partial charge >= 0.3 is 0 Å². The van der Waals surface area contributed by atoms with Crippen LogP contribution in [0.15, 0.2) is 12.1 Å². The van der Waals surface area contributed by atoms with Gasteiger partial charge in [-0.3, -0.25) is 0 Å². The minimum atomic E-state index is 0.442. The summed E-state index contributed by atoms with van der Waals surface area (Å²) in [6.07, 6.45) is 4.68. The Morgan fingerprint density at radius 1 is 1.28 bits per heavy atom. The van der Waals surface area contributed by atoms with Crippen molar-refractivity contribution in [1.29, 1.82) is 0 Å². The second kappa shape index (κ2) is 6.10. The molecule has 0 fully saturated rings. The van der Waals surface area contributed by atoms with Crippen molar-refractivity contribution < 1.29 is 9.47 Å². The van der Waals surface area contributed by atoms with Crippen LogP contribution in [0.4, 0.5) is 0 Å². The summed E-state index contributed by atoms with van der Waals surface area (Å²) in [5.74, 6) is 1.85. The molecule has 2 rings (SSSR count). The number of hydrogen-bond acceptors (Lipinski definition) is 3. The fourth-order valence-electron chi connectivity index (χ4n) is 2.69. The van der Waals surface area contributed by atoms with Gasteiger partial charge in [0.05, 0.1) is 14.2 Å². The van der Waals surface area contributed by atoms with Crippen LogP contribution in [-0.2, 0) is 6.42 Å². The van der Waals surface area contributed by atoms with E-state index in [4.69, 9.17) is 9.47 Å². The molecule has 0 aromatic heterocycles. The number of benzene rings is 1. The lowest BCUT2D eigenvalue weighted by Gasteiger charge is -2.28. The summed E-state index contributed by atoms with van der Waals surface area (Å²) in [7, 11) is 3.44. The third-order valence-electron chi connectivity index (χ3n) is 3.61. The lowest BCUT2D eigenvalue weighted by atomic mass is 9.86. The minimum Gasteiger partial charge on any atom is -0.497 e. The topological polar surface area (TPSA) is 30.5 Å². The molecule has 1 atom stereocenters. The van der Waals surface area contributed by atoms with Crippen LogP contribution in [0.2, 0.25) is 0 Å². The average Bonchev–Trinajstić information content (AvgIpc) is 2.43. The van der Waals surface area contributed by atoms with E-state index in [1.807, 2.05) is 6.07 Å². The number of fused-ring (bicyclic) bond motifs is 1. The van der Waals surface area contributed by atoms with Crippen LogP contribution in [0.1, 0.15) is 43.4 Å². The van der Waals surface area contributed by atoms with Crippen LogP contribution >= 0.6 is 0 Å². The quantitative estimate of drug-likeness (QED) is 0.870. The van der Waals surface area contributed by atoms with Crippen LogP contribution in [0.3, 0.4) is 0 Å². The molecule has 0 radical (unpaired) electrons. The fourth-order valence-corrected chi connectivity index (χ4v) is 2.69. The molecule has 1 aliphatic carbocycles. The van der Waals surface area contributed by atoms with E-state index in [1.165, 1.54) is 24.0 Å². The Hall–Kier alpha value is -1.22.